The van der Waals surface area contributed by atoms with Gasteiger partial charge in [0.15, 0.2) is 0 Å². The molecule has 5 nitrogen and oxygen atoms in total. The molecular weight excluding hydrogens is 364 g/mol. The molecule has 4 fully saturated rings. The van der Waals surface area contributed by atoms with Crippen molar-refractivity contribution in [1.29, 1.82) is 0 Å². The van der Waals surface area contributed by atoms with E-state index in [1.807, 2.05) is 13.0 Å². The van der Waals surface area contributed by atoms with E-state index < -0.39 is 5.41 Å². The Hall–Kier alpha value is -1.88. The molecule has 142 valence electrons. The Morgan fingerprint density at radius 3 is 2.74 bits per heavy atom. The first-order chi connectivity index (χ1) is 12.8. The summed E-state index contributed by atoms with van der Waals surface area (Å²) >= 11 is 6.82. The molecule has 2 unspecified atom stereocenters. The third-order valence-corrected chi connectivity index (χ3v) is 7.08. The molecule has 6 heteroatoms. The average Bonchev–Trinajstić information content (AvgIpc) is 2.58. The van der Waals surface area contributed by atoms with E-state index in [1.54, 1.807) is 12.3 Å². The molecule has 0 N–H and O–H groups in total. The number of nitrogens with zero attached hydrogens (tertiary/aromatic N) is 2. The third kappa shape index (κ3) is 2.87. The summed E-state index contributed by atoms with van der Waals surface area (Å²) in [6.45, 7) is 1.96. The monoisotopic (exact) mass is 386 g/mol. The minimum Gasteiger partial charge on any atom is -0.459 e. The summed E-state index contributed by atoms with van der Waals surface area (Å²) in [6.07, 6.45) is 7.53. The van der Waals surface area contributed by atoms with Gasteiger partial charge >= 0.3 is 5.97 Å². The molecule has 0 radical (unpaired) electrons. The van der Waals surface area contributed by atoms with Gasteiger partial charge in [-0.1, -0.05) is 6.07 Å². The molecule has 4 atom stereocenters. The highest BCUT2D eigenvalue weighted by atomic mass is 35.5. The van der Waals surface area contributed by atoms with Crippen LogP contribution < -0.4 is 5.56 Å². The lowest BCUT2D eigenvalue weighted by atomic mass is 9.49. The van der Waals surface area contributed by atoms with Crippen LogP contribution in [0.15, 0.2) is 29.2 Å². The molecule has 0 aliphatic heterocycles. The molecule has 2 aromatic heterocycles. The summed E-state index contributed by atoms with van der Waals surface area (Å²) in [5.74, 6) is 0.929. The van der Waals surface area contributed by atoms with Crippen LogP contribution in [0.2, 0.25) is 0 Å². The van der Waals surface area contributed by atoms with Gasteiger partial charge in [0.05, 0.1) is 11.1 Å². The zero-order chi connectivity index (χ0) is 18.8. The lowest BCUT2D eigenvalue weighted by Gasteiger charge is -2.58. The number of aryl methyl sites for hydroxylation is 1. The van der Waals surface area contributed by atoms with Gasteiger partial charge in [0.2, 0.25) is 0 Å². The van der Waals surface area contributed by atoms with E-state index in [0.29, 0.717) is 23.2 Å². The molecule has 2 aromatic rings. The van der Waals surface area contributed by atoms with Crippen LogP contribution in [0.5, 0.6) is 0 Å². The van der Waals surface area contributed by atoms with Gasteiger partial charge in [0, 0.05) is 17.1 Å². The van der Waals surface area contributed by atoms with Gasteiger partial charge in [0.1, 0.15) is 12.3 Å². The third-order valence-electron chi connectivity index (χ3n) is 6.63. The van der Waals surface area contributed by atoms with Crippen LogP contribution in [0.3, 0.4) is 0 Å². The average molecular weight is 387 g/mol. The first kappa shape index (κ1) is 17.2. The van der Waals surface area contributed by atoms with Gasteiger partial charge in [-0.05, 0) is 68.9 Å². The van der Waals surface area contributed by atoms with E-state index in [-0.39, 0.29) is 23.0 Å². The predicted octanol–water partition coefficient (Wildman–Crippen LogP) is 3.62. The van der Waals surface area contributed by atoms with Crippen LogP contribution in [0, 0.1) is 24.2 Å². The molecule has 4 saturated carbocycles. The molecule has 4 bridgehead atoms. The minimum absolute atomic E-state index is 0.0326. The SMILES string of the molecule is Cc1ccc2nc(COC(=O)C34C[C@@H]5C[C@@H](CC(Cl)(C5)C3)C4)cc(=O)n2c1. The summed E-state index contributed by atoms with van der Waals surface area (Å²) in [7, 11) is 0. The standard InChI is InChI=1S/C21H23ClN2O3/c1-13-2-3-17-23-16(5-18(25)24(17)10-13)11-27-19(26)20-6-14-4-15(7-20)9-21(22,8-14)12-20/h2-3,5,10,14-15H,4,6-9,11-12H2,1H3/t14-,15+,20?,21?. The number of carbonyl (C=O) groups is 1. The molecule has 27 heavy (non-hydrogen) atoms. The highest BCUT2D eigenvalue weighted by Gasteiger charge is 2.60. The maximum atomic E-state index is 13.0. The van der Waals surface area contributed by atoms with Crippen LogP contribution in [-0.4, -0.2) is 20.2 Å². The Kier molecular flexibility index (Phi) is 3.71. The largest absolute Gasteiger partial charge is 0.459 e. The number of rotatable bonds is 3. The number of pyridine rings is 1. The second kappa shape index (κ2) is 5.81. The maximum absolute atomic E-state index is 13.0. The van der Waals surface area contributed by atoms with E-state index in [0.717, 1.165) is 37.7 Å². The van der Waals surface area contributed by atoms with Gasteiger partial charge in [-0.3, -0.25) is 14.0 Å². The van der Waals surface area contributed by atoms with Crippen molar-refractivity contribution in [2.45, 2.75) is 56.9 Å². The van der Waals surface area contributed by atoms with E-state index in [2.05, 4.69) is 4.98 Å². The number of fused-ring (bicyclic) bond motifs is 1. The lowest BCUT2D eigenvalue weighted by molar-refractivity contribution is -0.171. The molecule has 0 saturated heterocycles. The van der Waals surface area contributed by atoms with Crippen LogP contribution in [0.1, 0.15) is 49.8 Å². The molecule has 4 aliphatic carbocycles. The Bertz CT molecular complexity index is 985. The zero-order valence-electron chi connectivity index (χ0n) is 15.4. The fourth-order valence-corrected chi connectivity index (χ4v) is 6.71. The molecule has 0 aromatic carbocycles. The van der Waals surface area contributed by atoms with E-state index in [1.165, 1.54) is 16.9 Å². The van der Waals surface area contributed by atoms with Crippen molar-refractivity contribution < 1.29 is 9.53 Å². The summed E-state index contributed by atoms with van der Waals surface area (Å²) in [6, 6.07) is 5.16. The minimum atomic E-state index is -0.436. The van der Waals surface area contributed by atoms with Crippen molar-refractivity contribution in [3.63, 3.8) is 0 Å². The quantitative estimate of drug-likeness (QED) is 0.597. The number of hydrogen-bond acceptors (Lipinski definition) is 4. The highest BCUT2D eigenvalue weighted by molar-refractivity contribution is 6.24. The van der Waals surface area contributed by atoms with Crippen molar-refractivity contribution in [3.8, 4) is 0 Å². The van der Waals surface area contributed by atoms with Crippen LogP contribution in [0.25, 0.3) is 5.65 Å². The number of alkyl halides is 1. The Morgan fingerprint density at radius 1 is 1.30 bits per heavy atom. The first-order valence-electron chi connectivity index (χ1n) is 9.69. The second-order valence-electron chi connectivity index (χ2n) is 8.99. The second-order valence-corrected chi connectivity index (χ2v) is 9.79. The van der Waals surface area contributed by atoms with Crippen LogP contribution >= 0.6 is 11.6 Å². The summed E-state index contributed by atoms with van der Waals surface area (Å²) in [5, 5.41) is 0. The van der Waals surface area contributed by atoms with Gasteiger partial charge in [-0.25, -0.2) is 4.98 Å². The van der Waals surface area contributed by atoms with E-state index >= 15 is 0 Å². The zero-order valence-corrected chi connectivity index (χ0v) is 16.2. The molecule has 0 amide bonds. The molecule has 4 aliphatic rings. The summed E-state index contributed by atoms with van der Waals surface area (Å²) in [4.78, 5) is 29.6. The maximum Gasteiger partial charge on any atom is 0.312 e. The lowest BCUT2D eigenvalue weighted by Crippen LogP contribution is -2.56. The number of carbonyl (C=O) groups excluding carboxylic acids is 1. The van der Waals surface area contributed by atoms with Crippen LogP contribution in [-0.2, 0) is 16.1 Å². The first-order valence-corrected chi connectivity index (χ1v) is 10.1. The van der Waals surface area contributed by atoms with Crippen LogP contribution in [0.4, 0.5) is 0 Å². The number of halogens is 1. The van der Waals surface area contributed by atoms with Gasteiger partial charge in [0.25, 0.3) is 5.56 Å². The number of hydrogen-bond donors (Lipinski definition) is 0. The topological polar surface area (TPSA) is 60.7 Å². The molecule has 2 heterocycles. The van der Waals surface area contributed by atoms with Crippen molar-refractivity contribution in [2.75, 3.05) is 0 Å². The predicted molar refractivity (Wildman–Crippen MR) is 102 cm³/mol. The Labute approximate surface area is 162 Å². The van der Waals surface area contributed by atoms with Crippen molar-refractivity contribution in [3.05, 3.63) is 46.0 Å². The van der Waals surface area contributed by atoms with Gasteiger partial charge in [-0.15, -0.1) is 11.6 Å². The Morgan fingerprint density at radius 2 is 2.04 bits per heavy atom. The highest BCUT2D eigenvalue weighted by Crippen LogP contribution is 2.64. The Balaban J connectivity index is 1.36. The van der Waals surface area contributed by atoms with E-state index in [9.17, 15) is 9.59 Å². The van der Waals surface area contributed by atoms with Gasteiger partial charge < -0.3 is 4.74 Å². The fraction of sp³-hybridized carbons (Fsp3) is 0.571. The molecular formula is C21H23ClN2O3. The number of ether oxygens (including phenoxy) is 1. The smallest absolute Gasteiger partial charge is 0.312 e. The van der Waals surface area contributed by atoms with Gasteiger partial charge in [-0.2, -0.15) is 0 Å². The van der Waals surface area contributed by atoms with E-state index in [4.69, 9.17) is 16.3 Å². The molecule has 0 spiro atoms. The number of aromatic nitrogens is 2. The van der Waals surface area contributed by atoms with Crippen molar-refractivity contribution >= 4 is 23.2 Å². The molecule has 6 rings (SSSR count). The fourth-order valence-electron chi connectivity index (χ4n) is 6.01. The van der Waals surface area contributed by atoms with Crippen molar-refractivity contribution in [1.82, 2.24) is 9.38 Å². The van der Waals surface area contributed by atoms with Crippen molar-refractivity contribution in [2.24, 2.45) is 17.3 Å². The normalized spacial score (nSPS) is 34.1. The summed E-state index contributed by atoms with van der Waals surface area (Å²) in [5.41, 5.74) is 1.44. The summed E-state index contributed by atoms with van der Waals surface area (Å²) < 4.78 is 7.19. The number of esters is 1.